The van der Waals surface area contributed by atoms with Crippen molar-refractivity contribution in [3.05, 3.63) is 55.0 Å². The van der Waals surface area contributed by atoms with Gasteiger partial charge in [-0.3, -0.25) is 4.40 Å². The topological polar surface area (TPSA) is 50.8 Å². The Balaban J connectivity index is 1.27. The van der Waals surface area contributed by atoms with Crippen LogP contribution >= 0.6 is 0 Å². The van der Waals surface area contributed by atoms with Crippen LogP contribution in [0.2, 0.25) is 18.6 Å². The van der Waals surface area contributed by atoms with E-state index in [1.165, 1.54) is 11.2 Å². The van der Waals surface area contributed by atoms with Gasteiger partial charge in [-0.25, -0.2) is 9.97 Å². The predicted molar refractivity (Wildman–Crippen MR) is 138 cm³/mol. The largest absolute Gasteiger partial charge is 0.415 e. The maximum Gasteiger partial charge on any atom is 0.189 e. The van der Waals surface area contributed by atoms with Crippen LogP contribution in [-0.4, -0.2) is 60.0 Å². The molecule has 8 heteroatoms. The molecule has 0 radical (unpaired) electrons. The van der Waals surface area contributed by atoms with E-state index in [9.17, 15) is 0 Å². The lowest BCUT2D eigenvalue weighted by molar-refractivity contribution is 0.284. The second kappa shape index (κ2) is 8.83. The normalized spacial score (nSPS) is 15.3. The number of piperazine rings is 1. The van der Waals surface area contributed by atoms with Crippen LogP contribution < -0.4 is 9.80 Å². The van der Waals surface area contributed by atoms with Gasteiger partial charge < -0.3 is 18.8 Å². The maximum atomic E-state index is 6.31. The number of anilines is 2. The van der Waals surface area contributed by atoms with E-state index in [4.69, 9.17) is 9.41 Å². The summed E-state index contributed by atoms with van der Waals surface area (Å²) in [5.41, 5.74) is 2.65. The van der Waals surface area contributed by atoms with Crippen molar-refractivity contribution in [3.8, 4) is 0 Å². The number of pyridine rings is 2. The summed E-state index contributed by atoms with van der Waals surface area (Å²) >= 11 is 0. The van der Waals surface area contributed by atoms with E-state index in [1.54, 1.807) is 0 Å². The van der Waals surface area contributed by atoms with Gasteiger partial charge in [0.05, 0.1) is 6.61 Å². The Morgan fingerprint density at radius 2 is 1.76 bits per heavy atom. The summed E-state index contributed by atoms with van der Waals surface area (Å²) in [5, 5.41) is 1.18. The monoisotopic (exact) mass is 462 g/mol. The molecule has 0 aromatic carbocycles. The van der Waals surface area contributed by atoms with Crippen LogP contribution in [0.1, 0.15) is 13.8 Å². The molecule has 0 saturated carbocycles. The molecule has 174 valence electrons. The van der Waals surface area contributed by atoms with E-state index in [1.807, 2.05) is 18.5 Å². The van der Waals surface area contributed by atoms with E-state index >= 15 is 0 Å². The van der Waals surface area contributed by atoms with Gasteiger partial charge in [0.15, 0.2) is 8.32 Å². The Labute approximate surface area is 196 Å². The summed E-state index contributed by atoms with van der Waals surface area (Å²) < 4.78 is 10.7. The van der Waals surface area contributed by atoms with Gasteiger partial charge in [0.2, 0.25) is 0 Å². The number of hydrogen-bond donors (Lipinski definition) is 0. The molecule has 1 aliphatic heterocycles. The lowest BCUT2D eigenvalue weighted by Gasteiger charge is -2.36. The first-order valence-corrected chi connectivity index (χ1v) is 14.9. The molecule has 1 saturated heterocycles. The van der Waals surface area contributed by atoms with Gasteiger partial charge in [-0.1, -0.05) is 19.9 Å². The Hall–Kier alpha value is -2.84. The number of imidazole rings is 1. The highest BCUT2D eigenvalue weighted by atomic mass is 28.4. The molecule has 0 atom stereocenters. The van der Waals surface area contributed by atoms with Crippen LogP contribution in [0.4, 0.5) is 11.6 Å². The highest BCUT2D eigenvalue weighted by molar-refractivity contribution is 6.72. The second-order valence-electron chi connectivity index (χ2n) is 9.71. The molecule has 5 heterocycles. The zero-order chi connectivity index (χ0) is 23.0. The quantitative estimate of drug-likeness (QED) is 0.375. The summed E-state index contributed by atoms with van der Waals surface area (Å²) in [7, 11) is -1.62. The van der Waals surface area contributed by atoms with Gasteiger partial charge in [0, 0.05) is 56.7 Å². The molecule has 0 spiro atoms. The maximum absolute atomic E-state index is 6.31. The molecular weight excluding hydrogens is 428 g/mol. The van der Waals surface area contributed by atoms with E-state index in [2.05, 4.69) is 87.2 Å². The summed E-state index contributed by atoms with van der Waals surface area (Å²) in [4.78, 5) is 14.3. The van der Waals surface area contributed by atoms with Crippen molar-refractivity contribution in [2.24, 2.45) is 0 Å². The van der Waals surface area contributed by atoms with Crippen LogP contribution in [0.25, 0.3) is 16.7 Å². The van der Waals surface area contributed by atoms with Crippen LogP contribution in [0.5, 0.6) is 0 Å². The smallest absolute Gasteiger partial charge is 0.189 e. The van der Waals surface area contributed by atoms with Crippen molar-refractivity contribution < 1.29 is 4.43 Å². The van der Waals surface area contributed by atoms with Gasteiger partial charge >= 0.3 is 0 Å². The molecule has 7 nitrogen and oxygen atoms in total. The van der Waals surface area contributed by atoms with Gasteiger partial charge in [-0.05, 0) is 49.0 Å². The van der Waals surface area contributed by atoms with Crippen molar-refractivity contribution in [1.82, 2.24) is 18.9 Å². The first-order valence-electron chi connectivity index (χ1n) is 11.9. The van der Waals surface area contributed by atoms with Crippen LogP contribution in [-0.2, 0) is 11.0 Å². The Morgan fingerprint density at radius 3 is 2.55 bits per heavy atom. The number of hydrogen-bond acceptors (Lipinski definition) is 5. The summed E-state index contributed by atoms with van der Waals surface area (Å²) in [6, 6.07) is 12.8. The zero-order valence-electron chi connectivity index (χ0n) is 20.1. The number of aromatic nitrogens is 4. The Kier molecular flexibility index (Phi) is 5.88. The fourth-order valence-corrected chi connectivity index (χ4v) is 5.29. The SMILES string of the molecule is CC(C)[Si](C)(C)OCCn1ccc2ccc(N3CCN(c4cccc5nccn45)CC3)nc21. The third-order valence-electron chi connectivity index (χ3n) is 7.13. The third kappa shape index (κ3) is 4.37. The van der Waals surface area contributed by atoms with E-state index in [0.717, 1.165) is 56.4 Å². The standard InChI is InChI=1S/C25H34N6OSi/c1-20(2)33(3,4)32-19-18-30-12-10-21-8-9-23(27-25(21)30)28-14-16-29(17-15-28)24-7-5-6-22-26-11-13-31(22)24/h5-13,20H,14-19H2,1-4H3. The average molecular weight is 463 g/mol. The summed E-state index contributed by atoms with van der Waals surface area (Å²) in [6.07, 6.45) is 6.04. The molecule has 4 aromatic heterocycles. The molecule has 0 amide bonds. The summed E-state index contributed by atoms with van der Waals surface area (Å²) in [6.45, 7) is 14.5. The van der Waals surface area contributed by atoms with Crippen LogP contribution in [0.15, 0.2) is 55.0 Å². The second-order valence-corrected chi connectivity index (χ2v) is 14.4. The fraction of sp³-hybridized carbons (Fsp3) is 0.440. The zero-order valence-corrected chi connectivity index (χ0v) is 21.1. The molecule has 5 rings (SSSR count). The van der Waals surface area contributed by atoms with Crippen molar-refractivity contribution in [3.63, 3.8) is 0 Å². The Morgan fingerprint density at radius 1 is 0.970 bits per heavy atom. The lowest BCUT2D eigenvalue weighted by Crippen LogP contribution is -2.47. The minimum atomic E-state index is -1.62. The van der Waals surface area contributed by atoms with Crippen molar-refractivity contribution in [2.75, 3.05) is 42.6 Å². The molecular formula is C25H34N6OSi. The average Bonchev–Trinajstić information content (AvgIpc) is 3.46. The van der Waals surface area contributed by atoms with Crippen molar-refractivity contribution in [2.45, 2.75) is 39.0 Å². The third-order valence-corrected chi connectivity index (χ3v) is 10.9. The number of rotatable bonds is 7. The fourth-order valence-electron chi connectivity index (χ4n) is 4.34. The first kappa shape index (κ1) is 22.0. The van der Waals surface area contributed by atoms with E-state index in [0.29, 0.717) is 5.54 Å². The molecule has 1 fully saturated rings. The molecule has 1 aliphatic rings. The van der Waals surface area contributed by atoms with Gasteiger partial charge in [0.1, 0.15) is 22.9 Å². The number of nitrogens with zero attached hydrogens (tertiary/aromatic N) is 6. The highest BCUT2D eigenvalue weighted by Gasteiger charge is 2.26. The van der Waals surface area contributed by atoms with Crippen molar-refractivity contribution in [1.29, 1.82) is 0 Å². The van der Waals surface area contributed by atoms with Gasteiger partial charge in [0.25, 0.3) is 0 Å². The molecule has 0 bridgehead atoms. The molecule has 4 aromatic rings. The minimum absolute atomic E-state index is 0.614. The predicted octanol–water partition coefficient (Wildman–Crippen LogP) is 4.64. The number of fused-ring (bicyclic) bond motifs is 2. The van der Waals surface area contributed by atoms with Crippen molar-refractivity contribution >= 4 is 36.6 Å². The first-order chi connectivity index (χ1) is 15.9. The Bertz CT molecular complexity index is 1240. The van der Waals surface area contributed by atoms with Gasteiger partial charge in [-0.15, -0.1) is 0 Å². The molecule has 0 aliphatic carbocycles. The van der Waals surface area contributed by atoms with Gasteiger partial charge in [-0.2, -0.15) is 0 Å². The summed E-state index contributed by atoms with van der Waals surface area (Å²) in [5.74, 6) is 2.26. The van der Waals surface area contributed by atoms with E-state index < -0.39 is 8.32 Å². The highest BCUT2D eigenvalue weighted by Crippen LogP contribution is 2.24. The molecule has 0 N–H and O–H groups in total. The van der Waals surface area contributed by atoms with E-state index in [-0.39, 0.29) is 0 Å². The molecule has 33 heavy (non-hydrogen) atoms. The minimum Gasteiger partial charge on any atom is -0.415 e. The lowest BCUT2D eigenvalue weighted by atomic mass is 10.2. The molecule has 0 unspecified atom stereocenters. The van der Waals surface area contributed by atoms with Crippen LogP contribution in [0, 0.1) is 0 Å². The van der Waals surface area contributed by atoms with Crippen LogP contribution in [0.3, 0.4) is 0 Å².